The maximum Gasteiger partial charge on any atom is 0.0978 e. The molecule has 3 rings (SSSR count). The largest absolute Gasteiger partial charge is 0.193 e. The number of nitrogens with zero attached hydrogens (tertiary/aromatic N) is 1. The Balaban J connectivity index is 2.19. The first-order valence-electron chi connectivity index (χ1n) is 7.11. The molecule has 0 amide bonds. The van der Waals surface area contributed by atoms with Crippen LogP contribution in [0.25, 0.3) is 6.08 Å². The molecule has 0 bridgehead atoms. The van der Waals surface area contributed by atoms with Crippen LogP contribution in [0.1, 0.15) is 17.4 Å². The van der Waals surface area contributed by atoms with Crippen molar-refractivity contribution in [3.05, 3.63) is 85.0 Å². The fourth-order valence-electron chi connectivity index (χ4n) is 2.63. The van der Waals surface area contributed by atoms with Gasteiger partial charge in [-0.05, 0) is 35.4 Å². The van der Waals surface area contributed by atoms with Gasteiger partial charge in [0.05, 0.1) is 21.3 Å². The number of hydrogen-bond acceptors (Lipinski definition) is 4. The van der Waals surface area contributed by atoms with E-state index < -0.39 is 5.41 Å². The number of allylic oxidation sites excluding steroid dienone is 2. The van der Waals surface area contributed by atoms with Crippen molar-refractivity contribution in [3.8, 4) is 6.07 Å². The standard InChI is InChI=1S/C19H15NS3/c1-3-21-18-16(13-20)19(2,14-8-5-4-6-9-14)17(23-18)12-15-10-7-11-22-15/h3-12H,1H2,2H3/b17-12-. The highest BCUT2D eigenvalue weighted by Crippen LogP contribution is 2.58. The van der Waals surface area contributed by atoms with Crippen LogP contribution in [0.4, 0.5) is 0 Å². The van der Waals surface area contributed by atoms with Crippen LogP contribution < -0.4 is 0 Å². The van der Waals surface area contributed by atoms with E-state index in [4.69, 9.17) is 0 Å². The van der Waals surface area contributed by atoms with Gasteiger partial charge in [-0.3, -0.25) is 0 Å². The van der Waals surface area contributed by atoms with E-state index >= 15 is 0 Å². The van der Waals surface area contributed by atoms with Crippen molar-refractivity contribution in [2.24, 2.45) is 0 Å². The number of rotatable bonds is 4. The normalized spacial score (nSPS) is 22.3. The molecular formula is C19H15NS3. The Hall–Kier alpha value is -1.67. The van der Waals surface area contributed by atoms with Crippen molar-refractivity contribution in [1.29, 1.82) is 5.26 Å². The second-order valence-corrected chi connectivity index (χ2v) is 8.44. The van der Waals surface area contributed by atoms with Crippen molar-refractivity contribution in [3.63, 3.8) is 0 Å². The van der Waals surface area contributed by atoms with Gasteiger partial charge < -0.3 is 0 Å². The lowest BCUT2D eigenvalue weighted by Gasteiger charge is -2.26. The molecule has 1 aliphatic rings. The molecule has 2 aromatic rings. The van der Waals surface area contributed by atoms with E-state index in [2.05, 4.69) is 55.3 Å². The zero-order chi connectivity index (χ0) is 16.3. The van der Waals surface area contributed by atoms with Gasteiger partial charge in [0.1, 0.15) is 0 Å². The molecule has 0 saturated heterocycles. The maximum absolute atomic E-state index is 9.81. The molecule has 23 heavy (non-hydrogen) atoms. The van der Waals surface area contributed by atoms with Crippen molar-refractivity contribution in [1.82, 2.24) is 0 Å². The first-order chi connectivity index (χ1) is 11.2. The summed E-state index contributed by atoms with van der Waals surface area (Å²) in [5, 5.41) is 13.7. The third-order valence-electron chi connectivity index (χ3n) is 3.87. The summed E-state index contributed by atoms with van der Waals surface area (Å²) in [6.45, 7) is 5.95. The maximum atomic E-state index is 9.81. The second kappa shape index (κ2) is 6.84. The van der Waals surface area contributed by atoms with E-state index in [1.807, 2.05) is 18.2 Å². The molecule has 1 aromatic carbocycles. The van der Waals surface area contributed by atoms with Gasteiger partial charge in [-0.15, -0.1) is 11.3 Å². The van der Waals surface area contributed by atoms with Gasteiger partial charge in [-0.1, -0.05) is 66.5 Å². The van der Waals surface area contributed by atoms with Crippen LogP contribution in [-0.4, -0.2) is 0 Å². The highest BCUT2D eigenvalue weighted by atomic mass is 32.2. The molecule has 2 heterocycles. The average molecular weight is 354 g/mol. The van der Waals surface area contributed by atoms with Gasteiger partial charge in [0.25, 0.3) is 0 Å². The molecule has 0 radical (unpaired) electrons. The monoisotopic (exact) mass is 353 g/mol. The predicted molar refractivity (Wildman–Crippen MR) is 104 cm³/mol. The summed E-state index contributed by atoms with van der Waals surface area (Å²) in [5.74, 6) is 0. The number of benzene rings is 1. The molecule has 0 saturated carbocycles. The van der Waals surface area contributed by atoms with Crippen LogP contribution in [0, 0.1) is 11.3 Å². The second-order valence-electron chi connectivity index (χ2n) is 5.18. The van der Waals surface area contributed by atoms with Gasteiger partial charge in [0.2, 0.25) is 0 Å². The van der Waals surface area contributed by atoms with Gasteiger partial charge in [-0.2, -0.15) is 5.26 Å². The van der Waals surface area contributed by atoms with E-state index in [0.29, 0.717) is 0 Å². The average Bonchev–Trinajstić information content (AvgIpc) is 3.17. The summed E-state index contributed by atoms with van der Waals surface area (Å²) in [6, 6.07) is 16.9. The molecule has 0 aliphatic carbocycles. The summed E-state index contributed by atoms with van der Waals surface area (Å²) >= 11 is 4.93. The number of thiophene rings is 1. The summed E-state index contributed by atoms with van der Waals surface area (Å²) in [5.41, 5.74) is 1.55. The molecule has 4 heteroatoms. The number of thioether (sulfide) groups is 2. The quantitative estimate of drug-likeness (QED) is 0.635. The lowest BCUT2D eigenvalue weighted by molar-refractivity contribution is 0.726. The molecule has 0 spiro atoms. The van der Waals surface area contributed by atoms with Crippen molar-refractivity contribution in [2.75, 3.05) is 0 Å². The third kappa shape index (κ3) is 2.92. The molecule has 0 N–H and O–H groups in total. The summed E-state index contributed by atoms with van der Waals surface area (Å²) in [6.07, 6.45) is 2.20. The van der Waals surface area contributed by atoms with E-state index in [1.165, 1.54) is 21.5 Å². The van der Waals surface area contributed by atoms with Gasteiger partial charge in [0, 0.05) is 9.78 Å². The van der Waals surface area contributed by atoms with Crippen LogP contribution in [0.2, 0.25) is 0 Å². The van der Waals surface area contributed by atoms with Crippen molar-refractivity contribution in [2.45, 2.75) is 12.3 Å². The Bertz CT molecular complexity index is 810. The zero-order valence-electron chi connectivity index (χ0n) is 12.7. The number of hydrogen-bond donors (Lipinski definition) is 0. The van der Waals surface area contributed by atoms with E-state index in [0.717, 1.165) is 15.4 Å². The van der Waals surface area contributed by atoms with Crippen LogP contribution in [0.5, 0.6) is 0 Å². The fourth-order valence-corrected chi connectivity index (χ4v) is 5.71. The minimum absolute atomic E-state index is 0.407. The Kier molecular flexibility index (Phi) is 4.82. The van der Waals surface area contributed by atoms with Gasteiger partial charge >= 0.3 is 0 Å². The summed E-state index contributed by atoms with van der Waals surface area (Å²) in [7, 11) is 0. The van der Waals surface area contributed by atoms with Crippen molar-refractivity contribution < 1.29 is 0 Å². The molecular weight excluding hydrogens is 338 g/mol. The third-order valence-corrected chi connectivity index (χ3v) is 6.95. The van der Waals surface area contributed by atoms with Gasteiger partial charge in [-0.25, -0.2) is 0 Å². The predicted octanol–water partition coefficient (Wildman–Crippen LogP) is 6.41. The molecule has 1 nitrogen and oxygen atoms in total. The van der Waals surface area contributed by atoms with E-state index in [-0.39, 0.29) is 0 Å². The lowest BCUT2D eigenvalue weighted by atomic mass is 9.76. The smallest absolute Gasteiger partial charge is 0.0978 e. The van der Waals surface area contributed by atoms with Crippen LogP contribution in [0.15, 0.2) is 74.5 Å². The van der Waals surface area contributed by atoms with Gasteiger partial charge in [0.15, 0.2) is 0 Å². The fraction of sp³-hybridized carbons (Fsp3) is 0.105. The van der Waals surface area contributed by atoms with Crippen LogP contribution >= 0.6 is 34.9 Å². The Morgan fingerprint density at radius 3 is 2.61 bits per heavy atom. The number of nitriles is 1. The highest BCUT2D eigenvalue weighted by Gasteiger charge is 2.43. The topological polar surface area (TPSA) is 23.8 Å². The molecule has 1 aromatic heterocycles. The Labute approximate surface area is 149 Å². The molecule has 1 aliphatic heterocycles. The van der Waals surface area contributed by atoms with Crippen LogP contribution in [0.3, 0.4) is 0 Å². The minimum atomic E-state index is -0.407. The molecule has 1 atom stereocenters. The van der Waals surface area contributed by atoms with Crippen molar-refractivity contribution >= 4 is 40.9 Å². The first-order valence-corrected chi connectivity index (χ1v) is 9.69. The highest BCUT2D eigenvalue weighted by molar-refractivity contribution is 8.25. The molecule has 114 valence electrons. The molecule has 1 unspecified atom stereocenters. The molecule has 0 fully saturated rings. The first kappa shape index (κ1) is 16.2. The summed E-state index contributed by atoms with van der Waals surface area (Å²) < 4.78 is 1.02. The lowest BCUT2D eigenvalue weighted by Crippen LogP contribution is -2.22. The van der Waals surface area contributed by atoms with E-state index in [1.54, 1.807) is 28.5 Å². The SMILES string of the molecule is C=CSC1=C(C#N)C(C)(c2ccccc2)/C(=C/c2cccs2)S1. The van der Waals surface area contributed by atoms with E-state index in [9.17, 15) is 5.26 Å². The summed E-state index contributed by atoms with van der Waals surface area (Å²) in [4.78, 5) is 2.39. The Morgan fingerprint density at radius 1 is 1.22 bits per heavy atom. The minimum Gasteiger partial charge on any atom is -0.193 e. The Morgan fingerprint density at radius 2 is 2.00 bits per heavy atom. The zero-order valence-corrected chi connectivity index (χ0v) is 15.1. The van der Waals surface area contributed by atoms with Crippen LogP contribution in [-0.2, 0) is 5.41 Å².